The van der Waals surface area contributed by atoms with Crippen LogP contribution in [-0.2, 0) is 23.0 Å². The van der Waals surface area contributed by atoms with Crippen molar-refractivity contribution in [3.8, 4) is 0 Å². The minimum atomic E-state index is -3.64. The molecule has 1 aromatic heterocycles. The lowest BCUT2D eigenvalue weighted by Crippen LogP contribution is -2.39. The first-order valence-electron chi connectivity index (χ1n) is 8.21. The Morgan fingerprint density at radius 1 is 1.32 bits per heavy atom. The predicted octanol–water partition coefficient (Wildman–Crippen LogP) is 2.24. The highest BCUT2D eigenvalue weighted by Crippen LogP contribution is 2.30. The van der Waals surface area contributed by atoms with Crippen molar-refractivity contribution in [2.24, 2.45) is 0 Å². The normalized spacial score (nSPS) is 13.7. The van der Waals surface area contributed by atoms with Crippen molar-refractivity contribution in [3.63, 3.8) is 0 Å². The van der Waals surface area contributed by atoms with Crippen LogP contribution in [0.2, 0.25) is 0 Å². The number of hydrogen-bond acceptors (Lipinski definition) is 4. The second-order valence-electron chi connectivity index (χ2n) is 5.83. The Balaban J connectivity index is 1.74. The number of nitrogens with one attached hydrogen (secondary N) is 2. The van der Waals surface area contributed by atoms with Crippen LogP contribution in [0.1, 0.15) is 24.7 Å². The number of hydrogen-bond donors (Lipinski definition) is 2. The fourth-order valence-corrected chi connectivity index (χ4v) is 3.79. The van der Waals surface area contributed by atoms with E-state index in [0.717, 1.165) is 17.7 Å². The highest BCUT2D eigenvalue weighted by Gasteiger charge is 2.26. The van der Waals surface area contributed by atoms with Crippen molar-refractivity contribution < 1.29 is 17.6 Å². The van der Waals surface area contributed by atoms with E-state index in [-0.39, 0.29) is 17.5 Å². The van der Waals surface area contributed by atoms with Crippen molar-refractivity contribution in [3.05, 3.63) is 47.9 Å². The van der Waals surface area contributed by atoms with E-state index < -0.39 is 10.0 Å². The first-order valence-corrected chi connectivity index (χ1v) is 9.70. The summed E-state index contributed by atoms with van der Waals surface area (Å²) in [5, 5.41) is 2.84. The van der Waals surface area contributed by atoms with Gasteiger partial charge in [-0.2, -0.15) is 0 Å². The molecule has 2 N–H and O–H groups in total. The number of benzene rings is 1. The number of rotatable bonds is 6. The second-order valence-corrected chi connectivity index (χ2v) is 7.59. The van der Waals surface area contributed by atoms with Crippen molar-refractivity contribution in [1.82, 2.24) is 10.0 Å². The summed E-state index contributed by atoms with van der Waals surface area (Å²) in [6, 6.07) is 8.11. The number of sulfonamides is 1. The first kappa shape index (κ1) is 17.5. The Morgan fingerprint density at radius 3 is 2.88 bits per heavy atom. The molecule has 2 heterocycles. The average molecular weight is 363 g/mol. The van der Waals surface area contributed by atoms with Crippen LogP contribution >= 0.6 is 0 Å². The highest BCUT2D eigenvalue weighted by molar-refractivity contribution is 7.89. The zero-order chi connectivity index (χ0) is 17.9. The van der Waals surface area contributed by atoms with Crippen LogP contribution in [0.15, 0.2) is 45.9 Å². The lowest BCUT2D eigenvalue weighted by Gasteiger charge is -2.18. The van der Waals surface area contributed by atoms with Crippen LogP contribution in [0.4, 0.5) is 10.5 Å². The number of fused-ring (bicyclic) bond motifs is 1. The van der Waals surface area contributed by atoms with E-state index >= 15 is 0 Å². The van der Waals surface area contributed by atoms with Gasteiger partial charge in [-0.25, -0.2) is 17.9 Å². The van der Waals surface area contributed by atoms with Crippen LogP contribution in [0.5, 0.6) is 0 Å². The molecule has 1 aromatic carbocycles. The zero-order valence-electron chi connectivity index (χ0n) is 14.0. The van der Waals surface area contributed by atoms with Gasteiger partial charge in [-0.15, -0.1) is 0 Å². The maximum Gasteiger partial charge on any atom is 0.321 e. The number of anilines is 1. The second kappa shape index (κ2) is 7.28. The molecule has 0 unspecified atom stereocenters. The maximum absolute atomic E-state index is 12.4. The molecule has 134 valence electrons. The quantitative estimate of drug-likeness (QED) is 0.823. The van der Waals surface area contributed by atoms with Gasteiger partial charge in [0.2, 0.25) is 10.0 Å². The highest BCUT2D eigenvalue weighted by atomic mass is 32.2. The molecule has 0 saturated heterocycles. The van der Waals surface area contributed by atoms with E-state index in [4.69, 9.17) is 4.42 Å². The predicted molar refractivity (Wildman–Crippen MR) is 93.9 cm³/mol. The lowest BCUT2D eigenvalue weighted by atomic mass is 10.2. The molecule has 0 fully saturated rings. The molecule has 0 bridgehead atoms. The Morgan fingerprint density at radius 2 is 2.16 bits per heavy atom. The number of nitrogens with zero attached hydrogens (tertiary/aromatic N) is 1. The molecular weight excluding hydrogens is 342 g/mol. The number of carbonyl (C=O) groups excluding carboxylic acids is 1. The van der Waals surface area contributed by atoms with E-state index in [9.17, 15) is 13.2 Å². The third-order valence-electron chi connectivity index (χ3n) is 4.04. The SMILES string of the molecule is CCCNC(=O)N1CCc2cc(S(=O)(=O)NCc3ccco3)ccc21. The monoisotopic (exact) mass is 363 g/mol. The fraction of sp³-hybridized carbons (Fsp3) is 0.353. The third kappa shape index (κ3) is 3.85. The van der Waals surface area contributed by atoms with Gasteiger partial charge in [-0.3, -0.25) is 4.90 Å². The van der Waals surface area contributed by atoms with E-state index in [1.807, 2.05) is 6.92 Å². The molecule has 0 saturated carbocycles. The standard InChI is InChI=1S/C17H21N3O4S/c1-2-8-18-17(21)20-9-7-13-11-15(5-6-16(13)20)25(22,23)19-12-14-4-3-10-24-14/h3-6,10-11,19H,2,7-9,12H2,1H3,(H,18,21). The van der Waals surface area contributed by atoms with Crippen molar-refractivity contribution in [2.45, 2.75) is 31.2 Å². The van der Waals surface area contributed by atoms with E-state index in [2.05, 4.69) is 10.0 Å². The van der Waals surface area contributed by atoms with Crippen LogP contribution in [0.25, 0.3) is 0 Å². The molecule has 0 radical (unpaired) electrons. The summed E-state index contributed by atoms with van der Waals surface area (Å²) < 4.78 is 32.5. The molecular formula is C17H21N3O4S. The molecule has 25 heavy (non-hydrogen) atoms. The summed E-state index contributed by atoms with van der Waals surface area (Å²) in [7, 11) is -3.64. The van der Waals surface area contributed by atoms with Crippen molar-refractivity contribution >= 4 is 21.7 Å². The summed E-state index contributed by atoms with van der Waals surface area (Å²) in [5.74, 6) is 0.545. The van der Waals surface area contributed by atoms with Gasteiger partial charge in [-0.1, -0.05) is 6.92 Å². The molecule has 2 aromatic rings. The van der Waals surface area contributed by atoms with Gasteiger partial charge in [0.15, 0.2) is 0 Å². The van der Waals surface area contributed by atoms with Gasteiger partial charge in [0, 0.05) is 18.8 Å². The van der Waals surface area contributed by atoms with E-state index in [0.29, 0.717) is 25.3 Å². The van der Waals surface area contributed by atoms with Gasteiger partial charge >= 0.3 is 6.03 Å². The summed E-state index contributed by atoms with van der Waals surface area (Å²) in [6.07, 6.45) is 3.00. The maximum atomic E-state index is 12.4. The molecule has 3 rings (SSSR count). The number of amides is 2. The van der Waals surface area contributed by atoms with E-state index in [1.54, 1.807) is 29.2 Å². The third-order valence-corrected chi connectivity index (χ3v) is 5.44. The van der Waals surface area contributed by atoms with Crippen molar-refractivity contribution in [2.75, 3.05) is 18.0 Å². The topological polar surface area (TPSA) is 91.7 Å². The van der Waals surface area contributed by atoms with Gasteiger partial charge in [0.1, 0.15) is 5.76 Å². The Labute approximate surface area is 147 Å². The average Bonchev–Trinajstić information content (AvgIpc) is 3.26. The first-order chi connectivity index (χ1) is 12.0. The lowest BCUT2D eigenvalue weighted by molar-refractivity contribution is 0.247. The summed E-state index contributed by atoms with van der Waals surface area (Å²) in [5.41, 5.74) is 1.62. The Kier molecular flexibility index (Phi) is 5.10. The Bertz CT molecular complexity index is 847. The number of furan rings is 1. The summed E-state index contributed by atoms with van der Waals surface area (Å²) in [4.78, 5) is 14.0. The fourth-order valence-electron chi connectivity index (χ4n) is 2.75. The minimum absolute atomic E-state index is 0.0952. The van der Waals surface area contributed by atoms with Crippen molar-refractivity contribution in [1.29, 1.82) is 0 Å². The zero-order valence-corrected chi connectivity index (χ0v) is 14.8. The van der Waals surface area contributed by atoms with Gasteiger partial charge in [-0.05, 0) is 48.7 Å². The molecule has 2 amide bonds. The van der Waals surface area contributed by atoms with Crippen LogP contribution in [-0.4, -0.2) is 27.5 Å². The van der Waals surface area contributed by atoms with Gasteiger partial charge < -0.3 is 9.73 Å². The summed E-state index contributed by atoms with van der Waals surface area (Å²) >= 11 is 0. The van der Waals surface area contributed by atoms with E-state index in [1.165, 1.54) is 12.3 Å². The molecule has 8 heteroatoms. The largest absolute Gasteiger partial charge is 0.468 e. The van der Waals surface area contributed by atoms with Crippen LogP contribution in [0, 0.1) is 0 Å². The molecule has 7 nitrogen and oxygen atoms in total. The molecule has 1 aliphatic rings. The van der Waals surface area contributed by atoms with Crippen LogP contribution < -0.4 is 14.9 Å². The minimum Gasteiger partial charge on any atom is -0.468 e. The Hall–Kier alpha value is -2.32. The molecule has 0 spiro atoms. The molecule has 0 aliphatic carbocycles. The smallest absolute Gasteiger partial charge is 0.321 e. The molecule has 0 atom stereocenters. The molecule has 1 aliphatic heterocycles. The number of carbonyl (C=O) groups is 1. The van der Waals surface area contributed by atoms with Crippen LogP contribution in [0.3, 0.4) is 0 Å². The number of urea groups is 1. The van der Waals surface area contributed by atoms with Gasteiger partial charge in [0.05, 0.1) is 17.7 Å². The summed E-state index contributed by atoms with van der Waals surface area (Å²) in [6.45, 7) is 3.26. The van der Waals surface area contributed by atoms with Gasteiger partial charge in [0.25, 0.3) is 0 Å².